The molecule has 0 fully saturated rings. The molecule has 0 saturated heterocycles. The van der Waals surface area contributed by atoms with E-state index < -0.39 is 0 Å². The number of nitrogens with zero attached hydrogens (tertiary/aromatic N) is 1. The Morgan fingerprint density at radius 1 is 1.60 bits per heavy atom. The average Bonchev–Trinajstić information content (AvgIpc) is 2.69. The van der Waals surface area contributed by atoms with Crippen LogP contribution in [-0.2, 0) is 16.0 Å². The van der Waals surface area contributed by atoms with Gasteiger partial charge in [-0.2, -0.15) is 0 Å². The smallest absolute Gasteiger partial charge is 0.334 e. The third-order valence-corrected chi connectivity index (χ3v) is 2.31. The van der Waals surface area contributed by atoms with Crippen molar-refractivity contribution in [1.82, 2.24) is 4.98 Å². The van der Waals surface area contributed by atoms with E-state index in [1.807, 2.05) is 25.1 Å². The Morgan fingerprint density at radius 2 is 2.47 bits per heavy atom. The number of hydrogen-bond donors (Lipinski definition) is 0. The Hall–Kier alpha value is -1.64. The van der Waals surface area contributed by atoms with Crippen LogP contribution in [0, 0.1) is 0 Å². The van der Waals surface area contributed by atoms with Crippen molar-refractivity contribution in [3.05, 3.63) is 35.2 Å². The van der Waals surface area contributed by atoms with E-state index in [2.05, 4.69) is 4.98 Å². The summed E-state index contributed by atoms with van der Waals surface area (Å²) in [6.45, 7) is 2.46. The van der Waals surface area contributed by atoms with E-state index in [0.29, 0.717) is 18.6 Å². The minimum absolute atomic E-state index is 0.213. The van der Waals surface area contributed by atoms with E-state index in [1.165, 1.54) is 0 Å². The molecule has 1 aromatic rings. The van der Waals surface area contributed by atoms with Crippen LogP contribution in [0.1, 0.15) is 24.6 Å². The highest BCUT2D eigenvalue weighted by molar-refractivity contribution is 5.96. The predicted molar refractivity (Wildman–Crippen MR) is 57.2 cm³/mol. The Morgan fingerprint density at radius 3 is 3.20 bits per heavy atom. The second-order valence-corrected chi connectivity index (χ2v) is 3.52. The minimum Gasteiger partial charge on any atom is -0.462 e. The van der Waals surface area contributed by atoms with Crippen LogP contribution in [0.15, 0.2) is 23.9 Å². The highest BCUT2D eigenvalue weighted by Crippen LogP contribution is 2.23. The number of ether oxygens (including phenoxy) is 1. The van der Waals surface area contributed by atoms with E-state index in [4.69, 9.17) is 4.74 Å². The van der Waals surface area contributed by atoms with Gasteiger partial charge >= 0.3 is 5.97 Å². The Balaban J connectivity index is 2.07. The summed E-state index contributed by atoms with van der Waals surface area (Å²) >= 11 is 0. The Bertz CT molecular complexity index is 410. The molecule has 78 valence electrons. The van der Waals surface area contributed by atoms with E-state index in [0.717, 1.165) is 17.7 Å². The molecule has 0 saturated carbocycles. The normalized spacial score (nSPS) is 13.3. The first-order valence-electron chi connectivity index (χ1n) is 5.13. The van der Waals surface area contributed by atoms with Gasteiger partial charge in [-0.15, -0.1) is 0 Å². The van der Waals surface area contributed by atoms with Crippen LogP contribution >= 0.6 is 0 Å². The van der Waals surface area contributed by atoms with Gasteiger partial charge in [0, 0.05) is 18.2 Å². The number of rotatable bonds is 3. The van der Waals surface area contributed by atoms with Gasteiger partial charge in [-0.05, 0) is 24.1 Å². The van der Waals surface area contributed by atoms with Gasteiger partial charge in [0.2, 0.25) is 0 Å². The Labute approximate surface area is 88.8 Å². The van der Waals surface area contributed by atoms with Crippen LogP contribution in [0.25, 0.3) is 6.08 Å². The average molecular weight is 203 g/mol. The second-order valence-electron chi connectivity index (χ2n) is 3.52. The van der Waals surface area contributed by atoms with Gasteiger partial charge < -0.3 is 4.74 Å². The van der Waals surface area contributed by atoms with Crippen molar-refractivity contribution >= 4 is 12.0 Å². The Kier molecular flexibility index (Phi) is 2.81. The molecule has 2 rings (SSSR count). The molecule has 0 N–H and O–H groups in total. The summed E-state index contributed by atoms with van der Waals surface area (Å²) in [5.74, 6) is -0.213. The molecule has 0 unspecified atom stereocenters. The van der Waals surface area contributed by atoms with Crippen LogP contribution in [0.4, 0.5) is 0 Å². The lowest BCUT2D eigenvalue weighted by Gasteiger charge is -2.02. The molecule has 0 atom stereocenters. The summed E-state index contributed by atoms with van der Waals surface area (Å²) in [6, 6.07) is 3.83. The van der Waals surface area contributed by atoms with Crippen molar-refractivity contribution in [1.29, 1.82) is 0 Å². The highest BCUT2D eigenvalue weighted by atomic mass is 16.5. The van der Waals surface area contributed by atoms with Crippen molar-refractivity contribution in [2.45, 2.75) is 19.8 Å². The lowest BCUT2D eigenvalue weighted by molar-refractivity contribution is -0.139. The maximum atomic E-state index is 11.6. The quantitative estimate of drug-likeness (QED) is 0.705. The van der Waals surface area contributed by atoms with Gasteiger partial charge in [-0.25, -0.2) is 4.79 Å². The SMILES string of the molecule is CCCOC(=O)C1=Cc2cccnc2C1. The van der Waals surface area contributed by atoms with Crippen LogP contribution < -0.4 is 0 Å². The molecule has 0 aromatic carbocycles. The third kappa shape index (κ3) is 2.06. The minimum atomic E-state index is -0.213. The number of fused-ring (bicyclic) bond motifs is 1. The van der Waals surface area contributed by atoms with Crippen molar-refractivity contribution in [3.8, 4) is 0 Å². The molecule has 0 bridgehead atoms. The van der Waals surface area contributed by atoms with Crippen LogP contribution in [0.5, 0.6) is 0 Å². The lowest BCUT2D eigenvalue weighted by Crippen LogP contribution is -2.08. The maximum absolute atomic E-state index is 11.6. The molecule has 3 heteroatoms. The summed E-state index contributed by atoms with van der Waals surface area (Å²) in [6.07, 6.45) is 5.05. The molecular weight excluding hydrogens is 190 g/mol. The zero-order valence-corrected chi connectivity index (χ0v) is 8.69. The first kappa shape index (κ1) is 9.90. The van der Waals surface area contributed by atoms with E-state index in [-0.39, 0.29) is 5.97 Å². The number of pyridine rings is 1. The topological polar surface area (TPSA) is 39.2 Å². The van der Waals surface area contributed by atoms with Crippen LogP contribution in [0.3, 0.4) is 0 Å². The molecule has 0 spiro atoms. The molecule has 0 radical (unpaired) electrons. The lowest BCUT2D eigenvalue weighted by atomic mass is 10.2. The fourth-order valence-electron chi connectivity index (χ4n) is 1.57. The fraction of sp³-hybridized carbons (Fsp3) is 0.333. The standard InChI is InChI=1S/C12H13NO2/c1-2-6-15-12(14)10-7-9-4-3-5-13-11(9)8-10/h3-5,7H,2,6,8H2,1H3. The number of esters is 1. The van der Waals surface area contributed by atoms with E-state index in [9.17, 15) is 4.79 Å². The van der Waals surface area contributed by atoms with Crippen molar-refractivity contribution in [2.75, 3.05) is 6.61 Å². The maximum Gasteiger partial charge on any atom is 0.334 e. The van der Waals surface area contributed by atoms with Gasteiger partial charge in [-0.1, -0.05) is 13.0 Å². The zero-order chi connectivity index (χ0) is 10.7. The van der Waals surface area contributed by atoms with Crippen LogP contribution in [-0.4, -0.2) is 17.6 Å². The van der Waals surface area contributed by atoms with E-state index >= 15 is 0 Å². The summed E-state index contributed by atoms with van der Waals surface area (Å²) in [5.41, 5.74) is 2.69. The number of aromatic nitrogens is 1. The van der Waals surface area contributed by atoms with Crippen molar-refractivity contribution in [2.24, 2.45) is 0 Å². The monoisotopic (exact) mass is 203 g/mol. The molecule has 1 heterocycles. The first-order chi connectivity index (χ1) is 7.31. The van der Waals surface area contributed by atoms with Crippen LogP contribution in [0.2, 0.25) is 0 Å². The van der Waals surface area contributed by atoms with Crippen molar-refractivity contribution < 1.29 is 9.53 Å². The first-order valence-corrected chi connectivity index (χ1v) is 5.13. The molecule has 15 heavy (non-hydrogen) atoms. The third-order valence-electron chi connectivity index (χ3n) is 2.31. The summed E-state index contributed by atoms with van der Waals surface area (Å²) in [7, 11) is 0. The number of carbonyl (C=O) groups excluding carboxylic acids is 1. The van der Waals surface area contributed by atoms with Gasteiger partial charge in [0.1, 0.15) is 0 Å². The van der Waals surface area contributed by atoms with Gasteiger partial charge in [0.15, 0.2) is 0 Å². The largest absolute Gasteiger partial charge is 0.462 e. The van der Waals surface area contributed by atoms with E-state index in [1.54, 1.807) is 6.20 Å². The molecule has 0 aliphatic heterocycles. The van der Waals surface area contributed by atoms with Gasteiger partial charge in [0.05, 0.1) is 12.3 Å². The molecule has 3 nitrogen and oxygen atoms in total. The summed E-state index contributed by atoms with van der Waals surface area (Å²) < 4.78 is 5.07. The zero-order valence-electron chi connectivity index (χ0n) is 8.69. The molecule has 1 aromatic heterocycles. The summed E-state index contributed by atoms with van der Waals surface area (Å²) in [4.78, 5) is 15.8. The number of carbonyl (C=O) groups is 1. The van der Waals surface area contributed by atoms with Gasteiger partial charge in [-0.3, -0.25) is 4.98 Å². The van der Waals surface area contributed by atoms with Crippen molar-refractivity contribution in [3.63, 3.8) is 0 Å². The summed E-state index contributed by atoms with van der Waals surface area (Å²) in [5, 5.41) is 0. The molecule has 0 amide bonds. The fourth-order valence-corrected chi connectivity index (χ4v) is 1.57. The second kappa shape index (κ2) is 4.26. The molecule has 1 aliphatic carbocycles. The predicted octanol–water partition coefficient (Wildman–Crippen LogP) is 1.97. The number of hydrogen-bond acceptors (Lipinski definition) is 3. The highest BCUT2D eigenvalue weighted by Gasteiger charge is 2.19. The molecule has 1 aliphatic rings. The molecular formula is C12H13NO2. The van der Waals surface area contributed by atoms with Gasteiger partial charge in [0.25, 0.3) is 0 Å².